The number of hydrogen-bond donors (Lipinski definition) is 1. The number of nitrogens with zero attached hydrogens (tertiary/aromatic N) is 2. The molecule has 0 bridgehead atoms. The highest BCUT2D eigenvalue weighted by Crippen LogP contribution is 2.43. The molecule has 4 rings (SSSR count). The molecule has 0 saturated carbocycles. The third-order valence-electron chi connectivity index (χ3n) is 6.40. The van der Waals surface area contributed by atoms with Gasteiger partial charge in [0.1, 0.15) is 23.0 Å². The second-order valence-electron chi connectivity index (χ2n) is 8.28. The average molecular weight is 483 g/mol. The van der Waals surface area contributed by atoms with Gasteiger partial charge in [0, 0.05) is 43.4 Å². The number of aliphatic hydroxyl groups excluding tert-OH is 1. The molecule has 0 aliphatic carbocycles. The van der Waals surface area contributed by atoms with Crippen LogP contribution in [0.25, 0.3) is 5.76 Å². The van der Waals surface area contributed by atoms with E-state index >= 15 is 0 Å². The first kappa shape index (κ1) is 24.6. The molecule has 2 heterocycles. The predicted octanol–water partition coefficient (Wildman–Crippen LogP) is 2.47. The Bertz CT molecular complexity index is 1110. The van der Waals surface area contributed by atoms with Crippen molar-refractivity contribution in [3.8, 4) is 17.2 Å². The summed E-state index contributed by atoms with van der Waals surface area (Å²) in [5.74, 6) is 0.00210. The molecule has 1 N–H and O–H groups in total. The zero-order valence-electron chi connectivity index (χ0n) is 20.2. The minimum absolute atomic E-state index is 0.0191. The Balaban J connectivity index is 1.79. The lowest BCUT2D eigenvalue weighted by Gasteiger charge is -2.31. The molecule has 2 aliphatic rings. The second kappa shape index (κ2) is 10.8. The minimum atomic E-state index is -0.820. The zero-order chi connectivity index (χ0) is 24.9. The van der Waals surface area contributed by atoms with E-state index < -0.39 is 17.7 Å². The molecule has 1 atom stereocenters. The number of hydrogen-bond acceptors (Lipinski definition) is 8. The highest BCUT2D eigenvalue weighted by atomic mass is 16.5. The highest BCUT2D eigenvalue weighted by Gasteiger charge is 2.47. The number of ether oxygens (including phenoxy) is 4. The molecular weight excluding hydrogens is 452 g/mol. The number of carbonyl (C=O) groups excluding carboxylic acids is 2. The summed E-state index contributed by atoms with van der Waals surface area (Å²) in [6, 6.07) is 11.1. The molecule has 2 aromatic rings. The summed E-state index contributed by atoms with van der Waals surface area (Å²) in [4.78, 5) is 30.2. The minimum Gasteiger partial charge on any atom is -0.507 e. The molecule has 2 aliphatic heterocycles. The fraction of sp³-hybridized carbons (Fsp3) is 0.385. The number of morpholine rings is 1. The van der Waals surface area contributed by atoms with Gasteiger partial charge >= 0.3 is 0 Å². The van der Waals surface area contributed by atoms with Crippen LogP contribution in [0.2, 0.25) is 0 Å². The molecule has 2 aromatic carbocycles. The van der Waals surface area contributed by atoms with E-state index in [9.17, 15) is 14.7 Å². The Morgan fingerprint density at radius 1 is 0.943 bits per heavy atom. The van der Waals surface area contributed by atoms with Crippen LogP contribution in [-0.2, 0) is 14.3 Å². The first-order chi connectivity index (χ1) is 17.0. The van der Waals surface area contributed by atoms with E-state index in [-0.39, 0.29) is 11.3 Å². The van der Waals surface area contributed by atoms with E-state index in [0.29, 0.717) is 54.7 Å². The zero-order valence-corrected chi connectivity index (χ0v) is 20.2. The Morgan fingerprint density at radius 3 is 2.23 bits per heavy atom. The van der Waals surface area contributed by atoms with Crippen molar-refractivity contribution in [2.24, 2.45) is 0 Å². The third-order valence-corrected chi connectivity index (χ3v) is 6.40. The topological polar surface area (TPSA) is 97.8 Å². The number of benzene rings is 2. The van der Waals surface area contributed by atoms with Gasteiger partial charge in [0.05, 0.1) is 46.2 Å². The van der Waals surface area contributed by atoms with Crippen molar-refractivity contribution in [2.75, 3.05) is 60.7 Å². The number of carbonyl (C=O) groups is 2. The van der Waals surface area contributed by atoms with Gasteiger partial charge in [-0.15, -0.1) is 0 Å². The van der Waals surface area contributed by atoms with E-state index in [1.165, 1.54) is 12.0 Å². The van der Waals surface area contributed by atoms with Gasteiger partial charge in [-0.3, -0.25) is 14.5 Å². The van der Waals surface area contributed by atoms with Crippen LogP contribution in [0.1, 0.15) is 17.2 Å². The van der Waals surface area contributed by atoms with Crippen molar-refractivity contribution in [3.63, 3.8) is 0 Å². The number of aliphatic hydroxyl groups is 1. The van der Waals surface area contributed by atoms with Gasteiger partial charge in [-0.2, -0.15) is 0 Å². The Hall–Kier alpha value is -3.56. The Labute approximate surface area is 204 Å². The van der Waals surface area contributed by atoms with Crippen LogP contribution in [0.4, 0.5) is 0 Å². The number of Topliss-reactive ketones (excluding diaryl/α,β-unsaturated/α-hetero) is 1. The first-order valence-corrected chi connectivity index (χ1v) is 11.4. The fourth-order valence-corrected chi connectivity index (χ4v) is 4.46. The van der Waals surface area contributed by atoms with Crippen molar-refractivity contribution in [3.05, 3.63) is 59.2 Å². The van der Waals surface area contributed by atoms with Gasteiger partial charge in [0.25, 0.3) is 11.7 Å². The lowest BCUT2D eigenvalue weighted by molar-refractivity contribution is -0.140. The van der Waals surface area contributed by atoms with E-state index in [0.717, 1.165) is 13.1 Å². The van der Waals surface area contributed by atoms with Gasteiger partial charge in [0.2, 0.25) is 0 Å². The van der Waals surface area contributed by atoms with Crippen molar-refractivity contribution in [1.29, 1.82) is 0 Å². The number of ketones is 1. The monoisotopic (exact) mass is 482 g/mol. The number of likely N-dealkylation sites (tertiary alicyclic amines) is 1. The van der Waals surface area contributed by atoms with Crippen LogP contribution in [0.5, 0.6) is 17.2 Å². The van der Waals surface area contributed by atoms with Gasteiger partial charge in [-0.25, -0.2) is 0 Å². The summed E-state index contributed by atoms with van der Waals surface area (Å²) >= 11 is 0. The molecule has 9 heteroatoms. The highest BCUT2D eigenvalue weighted by molar-refractivity contribution is 6.46. The van der Waals surface area contributed by atoms with Crippen molar-refractivity contribution < 1.29 is 33.6 Å². The first-order valence-electron chi connectivity index (χ1n) is 11.4. The van der Waals surface area contributed by atoms with Crippen molar-refractivity contribution in [2.45, 2.75) is 6.04 Å². The maximum atomic E-state index is 13.3. The van der Waals surface area contributed by atoms with E-state index in [4.69, 9.17) is 18.9 Å². The number of rotatable bonds is 8. The predicted molar refractivity (Wildman–Crippen MR) is 129 cm³/mol. The van der Waals surface area contributed by atoms with Crippen LogP contribution in [0.3, 0.4) is 0 Å². The van der Waals surface area contributed by atoms with Crippen LogP contribution in [-0.4, -0.2) is 87.3 Å². The van der Waals surface area contributed by atoms with Gasteiger partial charge in [-0.05, 0) is 36.4 Å². The van der Waals surface area contributed by atoms with Crippen LogP contribution < -0.4 is 14.2 Å². The second-order valence-corrected chi connectivity index (χ2v) is 8.28. The quantitative estimate of drug-likeness (QED) is 0.348. The molecule has 186 valence electrons. The summed E-state index contributed by atoms with van der Waals surface area (Å²) < 4.78 is 21.5. The summed E-state index contributed by atoms with van der Waals surface area (Å²) in [5, 5.41) is 11.2. The Morgan fingerprint density at radius 2 is 1.60 bits per heavy atom. The van der Waals surface area contributed by atoms with Crippen molar-refractivity contribution in [1.82, 2.24) is 9.80 Å². The molecular formula is C26H30N2O7. The molecule has 0 spiro atoms. The standard InChI is InChI=1S/C26H30N2O7/c1-32-18-6-4-17(5-7-18)24(29)22-23(20-9-8-19(33-2)16-21(20)34-3)28(26(31)25(22)30)11-10-27-12-14-35-15-13-27/h4-9,16,23,29H,10-15H2,1-3H3. The maximum Gasteiger partial charge on any atom is 0.295 e. The molecule has 9 nitrogen and oxygen atoms in total. The summed E-state index contributed by atoms with van der Waals surface area (Å²) in [7, 11) is 4.61. The molecule has 0 aromatic heterocycles. The maximum absolute atomic E-state index is 13.3. The van der Waals surface area contributed by atoms with E-state index in [2.05, 4.69) is 4.90 Å². The summed E-state index contributed by atoms with van der Waals surface area (Å²) in [6.45, 7) is 3.66. The van der Waals surface area contributed by atoms with Gasteiger partial charge < -0.3 is 29.0 Å². The average Bonchev–Trinajstić information content (AvgIpc) is 3.16. The third kappa shape index (κ3) is 4.96. The van der Waals surface area contributed by atoms with E-state index in [1.54, 1.807) is 56.7 Å². The van der Waals surface area contributed by atoms with Crippen LogP contribution in [0, 0.1) is 0 Å². The summed E-state index contributed by atoms with van der Waals surface area (Å²) in [6.07, 6.45) is 0. The summed E-state index contributed by atoms with van der Waals surface area (Å²) in [5.41, 5.74) is 1.02. The lowest BCUT2D eigenvalue weighted by Crippen LogP contribution is -2.42. The molecule has 0 radical (unpaired) electrons. The number of methoxy groups -OCH3 is 3. The van der Waals surface area contributed by atoms with Crippen LogP contribution >= 0.6 is 0 Å². The lowest BCUT2D eigenvalue weighted by atomic mass is 9.94. The van der Waals surface area contributed by atoms with Crippen LogP contribution in [0.15, 0.2) is 48.0 Å². The van der Waals surface area contributed by atoms with Gasteiger partial charge in [-0.1, -0.05) is 0 Å². The molecule has 2 saturated heterocycles. The smallest absolute Gasteiger partial charge is 0.295 e. The largest absolute Gasteiger partial charge is 0.507 e. The molecule has 35 heavy (non-hydrogen) atoms. The SMILES string of the molecule is COc1ccc(C(O)=C2C(=O)C(=O)N(CCN3CCOCC3)C2c2ccc(OC)cc2OC)cc1. The van der Waals surface area contributed by atoms with Gasteiger partial charge in [0.15, 0.2) is 0 Å². The Kier molecular flexibility index (Phi) is 7.57. The normalized spacial score (nSPS) is 20.2. The molecule has 2 fully saturated rings. The molecule has 1 unspecified atom stereocenters. The van der Waals surface area contributed by atoms with Crippen molar-refractivity contribution >= 4 is 17.4 Å². The number of amides is 1. The van der Waals surface area contributed by atoms with E-state index in [1.807, 2.05) is 0 Å². The fourth-order valence-electron chi connectivity index (χ4n) is 4.46. The molecule has 1 amide bonds.